The molecule has 2 bridgehead atoms. The predicted molar refractivity (Wildman–Crippen MR) is 112 cm³/mol. The second-order valence-corrected chi connectivity index (χ2v) is 8.28. The summed E-state index contributed by atoms with van der Waals surface area (Å²) in [5.41, 5.74) is 3.53. The molecule has 1 N–H and O–H groups in total. The molecule has 0 radical (unpaired) electrons. The van der Waals surface area contributed by atoms with Crippen molar-refractivity contribution in [3.8, 4) is 11.1 Å². The van der Waals surface area contributed by atoms with Gasteiger partial charge >= 0.3 is 0 Å². The number of nitrogens with one attached hydrogen (secondary N) is 1. The lowest BCUT2D eigenvalue weighted by molar-refractivity contribution is 0.0594. The fourth-order valence-electron chi connectivity index (χ4n) is 4.81. The van der Waals surface area contributed by atoms with Gasteiger partial charge < -0.3 is 14.5 Å². The van der Waals surface area contributed by atoms with Crippen LogP contribution in [0.5, 0.6) is 0 Å². The van der Waals surface area contributed by atoms with Crippen LogP contribution in [0, 0.1) is 12.8 Å². The van der Waals surface area contributed by atoms with Gasteiger partial charge in [0.15, 0.2) is 0 Å². The maximum atomic E-state index is 13.1. The standard InChI is InChI=1S/C23H22N4O3/c1-14-5-18(8-21(28)25-14)23(30)26-11-15-6-19(13-26)20-7-17(9-22(29)27(20)12-15)16-3-2-4-24-10-16/h2-5,7-10,15,19H,6,11-13H2,1H3,(H,25,28)/t15-,19+/m0/s1. The number of pyridine rings is 3. The Hall–Kier alpha value is -3.48. The van der Waals surface area contributed by atoms with Crippen LogP contribution < -0.4 is 11.1 Å². The first kappa shape index (κ1) is 18.5. The first-order valence-corrected chi connectivity index (χ1v) is 10.1. The SMILES string of the molecule is Cc1cc(C(=O)N2C[C@@H]3C[C@H](C2)c2cc(-c4cccnc4)cc(=O)n2C3)cc(=O)[nH]1. The van der Waals surface area contributed by atoms with Gasteiger partial charge in [0, 0.05) is 72.6 Å². The molecule has 1 saturated heterocycles. The summed E-state index contributed by atoms with van der Waals surface area (Å²) in [5, 5.41) is 0. The number of piperidine rings is 1. The normalized spacial score (nSPS) is 20.0. The zero-order chi connectivity index (χ0) is 20.8. The Balaban J connectivity index is 1.49. The lowest BCUT2D eigenvalue weighted by Crippen LogP contribution is -2.49. The molecular weight excluding hydrogens is 380 g/mol. The number of hydrogen-bond donors (Lipinski definition) is 1. The quantitative estimate of drug-likeness (QED) is 0.712. The van der Waals surface area contributed by atoms with Crippen LogP contribution in [0.2, 0.25) is 0 Å². The van der Waals surface area contributed by atoms with Crippen molar-refractivity contribution in [1.29, 1.82) is 0 Å². The summed E-state index contributed by atoms with van der Waals surface area (Å²) in [6, 6.07) is 10.6. The van der Waals surface area contributed by atoms with Crippen molar-refractivity contribution in [2.24, 2.45) is 5.92 Å². The van der Waals surface area contributed by atoms with E-state index in [4.69, 9.17) is 0 Å². The molecule has 152 valence electrons. The first-order chi connectivity index (χ1) is 14.5. The van der Waals surface area contributed by atoms with Crippen LogP contribution in [0.4, 0.5) is 0 Å². The number of rotatable bonds is 2. The van der Waals surface area contributed by atoms with Crippen LogP contribution in [0.3, 0.4) is 0 Å². The molecule has 0 saturated carbocycles. The number of H-pyrrole nitrogens is 1. The number of carbonyl (C=O) groups is 1. The molecule has 2 aliphatic rings. The van der Waals surface area contributed by atoms with E-state index in [1.54, 1.807) is 31.5 Å². The van der Waals surface area contributed by atoms with Gasteiger partial charge in [-0.15, -0.1) is 0 Å². The van der Waals surface area contributed by atoms with Crippen molar-refractivity contribution in [3.05, 3.63) is 86.5 Å². The van der Waals surface area contributed by atoms with Crippen LogP contribution in [0.1, 0.15) is 34.1 Å². The van der Waals surface area contributed by atoms with E-state index < -0.39 is 0 Å². The van der Waals surface area contributed by atoms with E-state index in [0.717, 1.165) is 23.2 Å². The summed E-state index contributed by atoms with van der Waals surface area (Å²) in [7, 11) is 0. The molecule has 30 heavy (non-hydrogen) atoms. The van der Waals surface area contributed by atoms with Crippen molar-refractivity contribution in [2.75, 3.05) is 13.1 Å². The molecule has 0 spiro atoms. The highest BCUT2D eigenvalue weighted by Crippen LogP contribution is 2.36. The third-order valence-corrected chi connectivity index (χ3v) is 6.06. The number of fused-ring (bicyclic) bond motifs is 4. The molecular formula is C23H22N4O3. The second-order valence-electron chi connectivity index (χ2n) is 8.28. The number of aromatic amines is 1. The number of amides is 1. The maximum Gasteiger partial charge on any atom is 0.254 e. The number of nitrogens with zero attached hydrogens (tertiary/aromatic N) is 3. The van der Waals surface area contributed by atoms with Crippen molar-refractivity contribution >= 4 is 5.91 Å². The lowest BCUT2D eigenvalue weighted by atomic mass is 9.82. The average molecular weight is 402 g/mol. The summed E-state index contributed by atoms with van der Waals surface area (Å²) >= 11 is 0. The largest absolute Gasteiger partial charge is 0.338 e. The Morgan fingerprint density at radius 2 is 1.97 bits per heavy atom. The fourth-order valence-corrected chi connectivity index (χ4v) is 4.81. The van der Waals surface area contributed by atoms with E-state index in [1.807, 2.05) is 21.6 Å². The molecule has 5 heterocycles. The third-order valence-electron chi connectivity index (χ3n) is 6.06. The summed E-state index contributed by atoms with van der Waals surface area (Å²) in [6.07, 6.45) is 4.41. The van der Waals surface area contributed by atoms with Gasteiger partial charge in [0.1, 0.15) is 0 Å². The molecule has 1 amide bonds. The van der Waals surface area contributed by atoms with Crippen LogP contribution >= 0.6 is 0 Å². The number of carbonyl (C=O) groups excluding carboxylic acids is 1. The van der Waals surface area contributed by atoms with Gasteiger partial charge in [0.2, 0.25) is 5.56 Å². The Labute approximate surface area is 173 Å². The molecule has 2 atom stereocenters. The van der Waals surface area contributed by atoms with Crippen LogP contribution in [-0.4, -0.2) is 38.4 Å². The Bertz CT molecular complexity index is 1250. The predicted octanol–water partition coefficient (Wildman–Crippen LogP) is 2.17. The molecule has 0 aromatic carbocycles. The second kappa shape index (κ2) is 7.09. The molecule has 1 fully saturated rings. The van der Waals surface area contributed by atoms with Crippen molar-refractivity contribution in [1.82, 2.24) is 19.4 Å². The Morgan fingerprint density at radius 3 is 2.73 bits per heavy atom. The highest BCUT2D eigenvalue weighted by Gasteiger charge is 2.37. The number of likely N-dealkylation sites (tertiary alicyclic amines) is 1. The van der Waals surface area contributed by atoms with E-state index in [2.05, 4.69) is 16.0 Å². The molecule has 3 aromatic heterocycles. The summed E-state index contributed by atoms with van der Waals surface area (Å²) in [5.74, 6) is 0.192. The molecule has 5 rings (SSSR count). The molecule has 7 heteroatoms. The maximum absolute atomic E-state index is 13.1. The minimum absolute atomic E-state index is 0.00829. The van der Waals surface area contributed by atoms with Gasteiger partial charge in [-0.1, -0.05) is 6.07 Å². The minimum Gasteiger partial charge on any atom is -0.338 e. The molecule has 3 aromatic rings. The van der Waals surface area contributed by atoms with Gasteiger partial charge in [-0.25, -0.2) is 0 Å². The van der Waals surface area contributed by atoms with Crippen LogP contribution in [0.15, 0.2) is 58.4 Å². The monoisotopic (exact) mass is 402 g/mol. The summed E-state index contributed by atoms with van der Waals surface area (Å²) in [4.78, 5) is 46.4. The first-order valence-electron chi connectivity index (χ1n) is 10.1. The number of aromatic nitrogens is 3. The van der Waals surface area contributed by atoms with E-state index in [0.29, 0.717) is 30.9 Å². The van der Waals surface area contributed by atoms with Gasteiger partial charge in [0.25, 0.3) is 11.5 Å². The third kappa shape index (κ3) is 3.26. The average Bonchev–Trinajstić information content (AvgIpc) is 2.73. The highest BCUT2D eigenvalue weighted by molar-refractivity contribution is 5.94. The van der Waals surface area contributed by atoms with Gasteiger partial charge in [-0.3, -0.25) is 19.4 Å². The van der Waals surface area contributed by atoms with Crippen LogP contribution in [-0.2, 0) is 6.54 Å². The smallest absolute Gasteiger partial charge is 0.254 e. The van der Waals surface area contributed by atoms with E-state index >= 15 is 0 Å². The Morgan fingerprint density at radius 1 is 1.10 bits per heavy atom. The van der Waals surface area contributed by atoms with Gasteiger partial charge in [0.05, 0.1) is 0 Å². The topological polar surface area (TPSA) is 88.1 Å². The van der Waals surface area contributed by atoms with E-state index in [-0.39, 0.29) is 28.9 Å². The minimum atomic E-state index is -0.270. The lowest BCUT2D eigenvalue weighted by Gasteiger charge is -2.43. The molecule has 0 unspecified atom stereocenters. The van der Waals surface area contributed by atoms with E-state index in [1.165, 1.54) is 6.07 Å². The van der Waals surface area contributed by atoms with Gasteiger partial charge in [-0.05, 0) is 43.0 Å². The van der Waals surface area contributed by atoms with E-state index in [9.17, 15) is 14.4 Å². The fraction of sp³-hybridized carbons (Fsp3) is 0.304. The molecule has 0 aliphatic carbocycles. The Kier molecular flexibility index (Phi) is 4.38. The summed E-state index contributed by atoms with van der Waals surface area (Å²) < 4.78 is 1.86. The van der Waals surface area contributed by atoms with Crippen molar-refractivity contribution in [3.63, 3.8) is 0 Å². The summed E-state index contributed by atoms with van der Waals surface area (Å²) in [6.45, 7) is 3.51. The van der Waals surface area contributed by atoms with Crippen molar-refractivity contribution in [2.45, 2.75) is 25.8 Å². The van der Waals surface area contributed by atoms with Crippen molar-refractivity contribution < 1.29 is 4.79 Å². The molecule has 7 nitrogen and oxygen atoms in total. The number of aryl methyl sites for hydroxylation is 1. The highest BCUT2D eigenvalue weighted by atomic mass is 16.2. The number of hydrogen-bond acceptors (Lipinski definition) is 4. The zero-order valence-corrected chi connectivity index (χ0v) is 16.7. The molecule has 2 aliphatic heterocycles. The zero-order valence-electron chi connectivity index (χ0n) is 16.7. The van der Waals surface area contributed by atoms with Crippen LogP contribution in [0.25, 0.3) is 11.1 Å². The van der Waals surface area contributed by atoms with Gasteiger partial charge in [-0.2, -0.15) is 0 Å².